The number of urea groups is 1. The number of hydrogen-bond donors (Lipinski definition) is 2. The fourth-order valence-electron chi connectivity index (χ4n) is 1.89. The SMILES string of the molecule is CC(C)N(CCC(=O)O)C(=O)NCC1CCOC1. The van der Waals surface area contributed by atoms with E-state index < -0.39 is 5.97 Å². The van der Waals surface area contributed by atoms with Crippen LogP contribution >= 0.6 is 0 Å². The number of ether oxygens (including phenoxy) is 1. The highest BCUT2D eigenvalue weighted by Crippen LogP contribution is 2.11. The van der Waals surface area contributed by atoms with E-state index in [0.717, 1.165) is 13.0 Å². The van der Waals surface area contributed by atoms with Gasteiger partial charge in [-0.05, 0) is 20.3 Å². The topological polar surface area (TPSA) is 78.9 Å². The van der Waals surface area contributed by atoms with Crippen LogP contribution in [0.5, 0.6) is 0 Å². The molecule has 0 spiro atoms. The van der Waals surface area contributed by atoms with Crippen LogP contribution in [0, 0.1) is 5.92 Å². The Kier molecular flexibility index (Phi) is 5.91. The minimum atomic E-state index is -0.891. The number of nitrogens with one attached hydrogen (secondary N) is 1. The van der Waals surface area contributed by atoms with Crippen LogP contribution in [0.4, 0.5) is 4.79 Å². The largest absolute Gasteiger partial charge is 0.481 e. The molecule has 0 aliphatic carbocycles. The van der Waals surface area contributed by atoms with E-state index in [1.807, 2.05) is 13.8 Å². The number of carbonyl (C=O) groups excluding carboxylic acids is 1. The van der Waals surface area contributed by atoms with Crippen molar-refractivity contribution in [3.63, 3.8) is 0 Å². The number of carboxylic acid groups (broad SMARTS) is 1. The predicted molar refractivity (Wildman–Crippen MR) is 66.4 cm³/mol. The zero-order chi connectivity index (χ0) is 13.5. The van der Waals surface area contributed by atoms with Gasteiger partial charge in [-0.3, -0.25) is 4.79 Å². The smallest absolute Gasteiger partial charge is 0.317 e. The molecule has 0 aromatic rings. The van der Waals surface area contributed by atoms with E-state index in [2.05, 4.69) is 5.32 Å². The molecule has 1 saturated heterocycles. The van der Waals surface area contributed by atoms with Crippen molar-refractivity contribution in [1.82, 2.24) is 10.2 Å². The third-order valence-electron chi connectivity index (χ3n) is 3.02. The molecule has 104 valence electrons. The Balaban J connectivity index is 2.35. The summed E-state index contributed by atoms with van der Waals surface area (Å²) in [7, 11) is 0. The number of aliphatic carboxylic acids is 1. The normalized spacial score (nSPS) is 18.9. The fourth-order valence-corrected chi connectivity index (χ4v) is 1.89. The highest BCUT2D eigenvalue weighted by Gasteiger charge is 2.20. The van der Waals surface area contributed by atoms with Gasteiger partial charge in [0.15, 0.2) is 0 Å². The Morgan fingerprint density at radius 1 is 1.50 bits per heavy atom. The molecule has 1 atom stereocenters. The van der Waals surface area contributed by atoms with Crippen molar-refractivity contribution in [1.29, 1.82) is 0 Å². The lowest BCUT2D eigenvalue weighted by atomic mass is 10.1. The van der Waals surface area contributed by atoms with Crippen LogP contribution in [0.25, 0.3) is 0 Å². The second-order valence-corrected chi connectivity index (χ2v) is 4.85. The number of hydrogen-bond acceptors (Lipinski definition) is 3. The van der Waals surface area contributed by atoms with E-state index in [1.165, 1.54) is 0 Å². The standard InChI is InChI=1S/C12H22N2O4/c1-9(2)14(5-3-11(15)16)12(17)13-7-10-4-6-18-8-10/h9-10H,3-8H2,1-2H3,(H,13,17)(H,15,16). The van der Waals surface area contributed by atoms with Crippen LogP contribution in [-0.2, 0) is 9.53 Å². The summed E-state index contributed by atoms with van der Waals surface area (Å²) in [6, 6.07) is -0.206. The van der Waals surface area contributed by atoms with E-state index in [0.29, 0.717) is 19.1 Å². The lowest BCUT2D eigenvalue weighted by Crippen LogP contribution is -2.46. The summed E-state index contributed by atoms with van der Waals surface area (Å²) in [6.45, 7) is 6.03. The van der Waals surface area contributed by atoms with Gasteiger partial charge in [0.05, 0.1) is 13.0 Å². The average Bonchev–Trinajstić information content (AvgIpc) is 2.78. The first-order valence-corrected chi connectivity index (χ1v) is 6.34. The quantitative estimate of drug-likeness (QED) is 0.742. The Morgan fingerprint density at radius 3 is 2.72 bits per heavy atom. The van der Waals surface area contributed by atoms with Crippen LogP contribution in [0.3, 0.4) is 0 Å². The highest BCUT2D eigenvalue weighted by molar-refractivity contribution is 5.75. The fraction of sp³-hybridized carbons (Fsp3) is 0.833. The molecule has 1 aliphatic heterocycles. The third-order valence-corrected chi connectivity index (χ3v) is 3.02. The van der Waals surface area contributed by atoms with Crippen LogP contribution < -0.4 is 5.32 Å². The number of nitrogens with zero attached hydrogens (tertiary/aromatic N) is 1. The minimum Gasteiger partial charge on any atom is -0.481 e. The van der Waals surface area contributed by atoms with Crippen LogP contribution in [0.1, 0.15) is 26.7 Å². The molecule has 6 nitrogen and oxygen atoms in total. The number of rotatable bonds is 6. The summed E-state index contributed by atoms with van der Waals surface area (Å²) in [5.74, 6) is -0.514. The summed E-state index contributed by atoms with van der Waals surface area (Å²) < 4.78 is 5.23. The minimum absolute atomic E-state index is 0.0100. The number of carboxylic acids is 1. The molecule has 0 saturated carbocycles. The van der Waals surface area contributed by atoms with E-state index >= 15 is 0 Å². The Bertz CT molecular complexity index is 288. The van der Waals surface area contributed by atoms with Gasteiger partial charge >= 0.3 is 12.0 Å². The van der Waals surface area contributed by atoms with E-state index in [9.17, 15) is 9.59 Å². The second-order valence-electron chi connectivity index (χ2n) is 4.85. The first-order chi connectivity index (χ1) is 8.50. The summed E-state index contributed by atoms with van der Waals surface area (Å²) in [5.41, 5.74) is 0. The summed E-state index contributed by atoms with van der Waals surface area (Å²) in [5, 5.41) is 11.5. The molecule has 1 rings (SSSR count). The Morgan fingerprint density at radius 2 is 2.22 bits per heavy atom. The van der Waals surface area contributed by atoms with Crippen LogP contribution in [0.15, 0.2) is 0 Å². The molecule has 1 fully saturated rings. The summed E-state index contributed by atoms with van der Waals surface area (Å²) >= 11 is 0. The van der Waals surface area contributed by atoms with E-state index in [4.69, 9.17) is 9.84 Å². The van der Waals surface area contributed by atoms with Gasteiger partial charge in [0.2, 0.25) is 0 Å². The number of carbonyl (C=O) groups is 2. The molecule has 1 aliphatic rings. The zero-order valence-corrected chi connectivity index (χ0v) is 11.0. The van der Waals surface area contributed by atoms with Gasteiger partial charge in [-0.15, -0.1) is 0 Å². The molecular weight excluding hydrogens is 236 g/mol. The van der Waals surface area contributed by atoms with Gasteiger partial charge in [0, 0.05) is 31.7 Å². The van der Waals surface area contributed by atoms with Crippen molar-refractivity contribution in [2.24, 2.45) is 5.92 Å². The first-order valence-electron chi connectivity index (χ1n) is 6.34. The lowest BCUT2D eigenvalue weighted by molar-refractivity contribution is -0.137. The van der Waals surface area contributed by atoms with E-state index in [1.54, 1.807) is 4.90 Å². The molecule has 0 radical (unpaired) electrons. The van der Waals surface area contributed by atoms with Crippen molar-refractivity contribution >= 4 is 12.0 Å². The molecule has 18 heavy (non-hydrogen) atoms. The van der Waals surface area contributed by atoms with Gasteiger partial charge in [0.25, 0.3) is 0 Å². The van der Waals surface area contributed by atoms with Crippen molar-refractivity contribution in [2.45, 2.75) is 32.7 Å². The third kappa shape index (κ3) is 4.91. The lowest BCUT2D eigenvalue weighted by Gasteiger charge is -2.27. The predicted octanol–water partition coefficient (Wildman–Crippen LogP) is 0.918. The van der Waals surface area contributed by atoms with E-state index in [-0.39, 0.29) is 25.0 Å². The molecule has 2 N–H and O–H groups in total. The van der Waals surface area contributed by atoms with Crippen molar-refractivity contribution in [3.05, 3.63) is 0 Å². The molecule has 0 bridgehead atoms. The second kappa shape index (κ2) is 7.20. The molecule has 1 unspecified atom stereocenters. The van der Waals surface area contributed by atoms with Gasteiger partial charge in [-0.2, -0.15) is 0 Å². The monoisotopic (exact) mass is 258 g/mol. The van der Waals surface area contributed by atoms with Gasteiger partial charge in [-0.25, -0.2) is 4.79 Å². The summed E-state index contributed by atoms with van der Waals surface area (Å²) in [6.07, 6.45) is 0.940. The number of amides is 2. The first kappa shape index (κ1) is 14.8. The maximum atomic E-state index is 11.9. The van der Waals surface area contributed by atoms with Crippen LogP contribution in [-0.4, -0.2) is 54.4 Å². The molecular formula is C12H22N2O4. The highest BCUT2D eigenvalue weighted by atomic mass is 16.5. The zero-order valence-electron chi connectivity index (χ0n) is 11.0. The molecule has 1 heterocycles. The van der Waals surface area contributed by atoms with Gasteiger partial charge < -0.3 is 20.1 Å². The maximum absolute atomic E-state index is 11.9. The molecule has 2 amide bonds. The van der Waals surface area contributed by atoms with Crippen LogP contribution in [0.2, 0.25) is 0 Å². The maximum Gasteiger partial charge on any atom is 0.317 e. The Hall–Kier alpha value is -1.30. The van der Waals surface area contributed by atoms with Gasteiger partial charge in [0.1, 0.15) is 0 Å². The Labute approximate surface area is 107 Å². The van der Waals surface area contributed by atoms with Crippen molar-refractivity contribution in [2.75, 3.05) is 26.3 Å². The van der Waals surface area contributed by atoms with Gasteiger partial charge in [-0.1, -0.05) is 0 Å². The molecule has 0 aromatic heterocycles. The van der Waals surface area contributed by atoms with Crippen molar-refractivity contribution in [3.8, 4) is 0 Å². The average molecular weight is 258 g/mol. The summed E-state index contributed by atoms with van der Waals surface area (Å²) in [4.78, 5) is 24.0. The molecule has 6 heteroatoms. The molecule has 0 aromatic carbocycles. The van der Waals surface area contributed by atoms with Crippen molar-refractivity contribution < 1.29 is 19.4 Å².